The van der Waals surface area contributed by atoms with Crippen LogP contribution in [0.4, 0.5) is 5.82 Å². The van der Waals surface area contributed by atoms with Gasteiger partial charge in [-0.15, -0.1) is 0 Å². The van der Waals surface area contributed by atoms with Gasteiger partial charge in [0.15, 0.2) is 6.23 Å². The minimum absolute atomic E-state index is 0.0475. The van der Waals surface area contributed by atoms with Crippen molar-refractivity contribution >= 4 is 16.9 Å². The number of rotatable bonds is 3. The van der Waals surface area contributed by atoms with E-state index in [-0.39, 0.29) is 17.7 Å². The van der Waals surface area contributed by atoms with Crippen LogP contribution in [0, 0.1) is 0 Å². The normalized spacial score (nSPS) is 23.0. The largest absolute Gasteiger partial charge is 0.377 e. The highest BCUT2D eigenvalue weighted by Gasteiger charge is 2.25. The van der Waals surface area contributed by atoms with E-state index in [2.05, 4.69) is 27.0 Å². The summed E-state index contributed by atoms with van der Waals surface area (Å²) >= 11 is 0. The summed E-state index contributed by atoms with van der Waals surface area (Å²) in [6, 6.07) is 3.79. The molecule has 0 radical (unpaired) electrons. The average Bonchev–Trinajstić information content (AvgIpc) is 3.34. The third kappa shape index (κ3) is 3.14. The summed E-state index contributed by atoms with van der Waals surface area (Å²) in [7, 11) is 1.80. The molecule has 5 heterocycles. The van der Waals surface area contributed by atoms with Crippen molar-refractivity contribution in [1.29, 1.82) is 0 Å². The molecule has 29 heavy (non-hydrogen) atoms. The van der Waals surface area contributed by atoms with Gasteiger partial charge in [-0.3, -0.25) is 9.48 Å². The van der Waals surface area contributed by atoms with Gasteiger partial charge < -0.3 is 19.4 Å². The smallest absolute Gasteiger partial charge is 0.209 e. The minimum atomic E-state index is -0.0972. The van der Waals surface area contributed by atoms with Crippen molar-refractivity contribution in [2.45, 2.75) is 38.5 Å². The Morgan fingerprint density at radius 3 is 2.97 bits per heavy atom. The molecular formula is C20H26N6O3. The summed E-state index contributed by atoms with van der Waals surface area (Å²) in [5, 5.41) is 9.18. The van der Waals surface area contributed by atoms with Crippen LogP contribution < -0.4 is 10.3 Å². The number of anilines is 1. The summed E-state index contributed by atoms with van der Waals surface area (Å²) in [6.45, 7) is 4.87. The summed E-state index contributed by atoms with van der Waals surface area (Å²) in [4.78, 5) is 18.6. The highest BCUT2D eigenvalue weighted by Crippen LogP contribution is 2.31. The van der Waals surface area contributed by atoms with E-state index in [9.17, 15) is 4.79 Å². The first-order chi connectivity index (χ1) is 14.1. The lowest BCUT2D eigenvalue weighted by molar-refractivity contribution is -0.0384. The van der Waals surface area contributed by atoms with Crippen LogP contribution in [0.3, 0.4) is 0 Å². The maximum atomic E-state index is 13.0. The lowest BCUT2D eigenvalue weighted by Gasteiger charge is -2.34. The zero-order valence-electron chi connectivity index (χ0n) is 16.8. The maximum absolute atomic E-state index is 13.0. The molecule has 0 amide bonds. The second-order valence-electron chi connectivity index (χ2n) is 7.81. The van der Waals surface area contributed by atoms with Crippen LogP contribution >= 0.6 is 0 Å². The van der Waals surface area contributed by atoms with Crippen molar-refractivity contribution in [3.8, 4) is 11.4 Å². The van der Waals surface area contributed by atoms with Crippen LogP contribution in [0.25, 0.3) is 22.4 Å². The van der Waals surface area contributed by atoms with Gasteiger partial charge in [0.25, 0.3) is 0 Å². The Kier molecular flexibility index (Phi) is 4.63. The van der Waals surface area contributed by atoms with Crippen LogP contribution in [0.1, 0.15) is 32.4 Å². The minimum Gasteiger partial charge on any atom is -0.377 e. The van der Waals surface area contributed by atoms with Crippen molar-refractivity contribution < 1.29 is 9.47 Å². The predicted molar refractivity (Wildman–Crippen MR) is 109 cm³/mol. The number of ether oxygens (including phenoxy) is 2. The number of hydrogen-bond acceptors (Lipinski definition) is 6. The average molecular weight is 398 g/mol. The van der Waals surface area contributed by atoms with Gasteiger partial charge in [0.2, 0.25) is 5.43 Å². The molecule has 0 bridgehead atoms. The van der Waals surface area contributed by atoms with E-state index < -0.39 is 0 Å². The monoisotopic (exact) mass is 398 g/mol. The Morgan fingerprint density at radius 2 is 2.17 bits per heavy atom. The molecule has 2 atom stereocenters. The number of nitrogens with zero attached hydrogens (tertiary/aromatic N) is 5. The van der Waals surface area contributed by atoms with E-state index in [1.54, 1.807) is 24.0 Å². The number of hydrogen-bond donors (Lipinski definition) is 1. The molecule has 2 fully saturated rings. The van der Waals surface area contributed by atoms with E-state index in [0.717, 1.165) is 49.4 Å². The molecule has 0 aliphatic carbocycles. The number of aryl methyl sites for hydroxylation is 1. The molecule has 9 heteroatoms. The first-order valence-corrected chi connectivity index (χ1v) is 10.2. The van der Waals surface area contributed by atoms with Gasteiger partial charge in [-0.25, -0.2) is 4.68 Å². The van der Waals surface area contributed by atoms with Gasteiger partial charge in [-0.1, -0.05) is 0 Å². The lowest BCUT2D eigenvalue weighted by atomic mass is 10.1. The van der Waals surface area contributed by atoms with Gasteiger partial charge >= 0.3 is 0 Å². The molecule has 0 saturated carbocycles. The lowest BCUT2D eigenvalue weighted by Crippen LogP contribution is -2.44. The molecular weight excluding hydrogens is 372 g/mol. The number of morpholine rings is 1. The molecule has 3 aromatic rings. The van der Waals surface area contributed by atoms with E-state index in [0.29, 0.717) is 24.4 Å². The topological polar surface area (TPSA) is 90.2 Å². The Morgan fingerprint density at radius 1 is 1.28 bits per heavy atom. The zero-order valence-corrected chi connectivity index (χ0v) is 16.8. The maximum Gasteiger partial charge on any atom is 0.209 e. The number of nitrogens with one attached hydrogen (secondary N) is 1. The molecule has 154 valence electrons. The number of aromatic amines is 1. The van der Waals surface area contributed by atoms with E-state index in [4.69, 9.17) is 9.47 Å². The fraction of sp³-hybridized carbons (Fsp3) is 0.550. The first kappa shape index (κ1) is 18.4. The summed E-state index contributed by atoms with van der Waals surface area (Å²) < 4.78 is 15.0. The highest BCUT2D eigenvalue weighted by atomic mass is 16.5. The van der Waals surface area contributed by atoms with Gasteiger partial charge in [0, 0.05) is 32.5 Å². The van der Waals surface area contributed by atoms with Crippen molar-refractivity contribution in [2.75, 3.05) is 31.3 Å². The molecule has 9 nitrogen and oxygen atoms in total. The second-order valence-corrected chi connectivity index (χ2v) is 7.81. The number of pyridine rings is 1. The summed E-state index contributed by atoms with van der Waals surface area (Å²) in [6.07, 6.45) is 4.78. The zero-order chi connectivity index (χ0) is 20.0. The number of aromatic nitrogens is 5. The van der Waals surface area contributed by atoms with Gasteiger partial charge in [-0.2, -0.15) is 10.2 Å². The van der Waals surface area contributed by atoms with Crippen LogP contribution in [0.15, 0.2) is 23.1 Å². The van der Waals surface area contributed by atoms with Crippen molar-refractivity contribution in [3.63, 3.8) is 0 Å². The molecule has 5 rings (SSSR count). The van der Waals surface area contributed by atoms with Crippen LogP contribution in [0.2, 0.25) is 0 Å². The van der Waals surface area contributed by atoms with Crippen LogP contribution in [-0.4, -0.2) is 57.0 Å². The summed E-state index contributed by atoms with van der Waals surface area (Å²) in [5.41, 5.74) is 2.81. The predicted octanol–water partition coefficient (Wildman–Crippen LogP) is 2.05. The van der Waals surface area contributed by atoms with Gasteiger partial charge in [-0.05, 0) is 32.3 Å². The van der Waals surface area contributed by atoms with Crippen molar-refractivity contribution in [1.82, 2.24) is 24.5 Å². The van der Waals surface area contributed by atoms with Gasteiger partial charge in [0.1, 0.15) is 17.0 Å². The van der Waals surface area contributed by atoms with Gasteiger partial charge in [0.05, 0.1) is 30.5 Å². The molecule has 3 aromatic heterocycles. The standard InChI is InChI=1S/C20H26N6O3/c1-13-12-28-10-8-25(13)16-11-15(27)20-19(22-16)18(23-24(20)2)14-6-7-21-26(14)17-5-3-4-9-29-17/h6-7,11,13,17H,3-5,8-10,12H2,1-2H3,(H,22,27). The van der Waals surface area contributed by atoms with E-state index in [1.807, 2.05) is 10.7 Å². The van der Waals surface area contributed by atoms with Crippen molar-refractivity contribution in [3.05, 3.63) is 28.6 Å². The Bertz CT molecular complexity index is 1080. The number of fused-ring (bicyclic) bond motifs is 1. The third-order valence-electron chi connectivity index (χ3n) is 5.82. The molecule has 1 N–H and O–H groups in total. The molecule has 2 unspecified atom stereocenters. The van der Waals surface area contributed by atoms with Crippen molar-refractivity contribution in [2.24, 2.45) is 7.05 Å². The highest BCUT2D eigenvalue weighted by molar-refractivity contribution is 5.90. The van der Waals surface area contributed by atoms with E-state index >= 15 is 0 Å². The molecule has 0 aromatic carbocycles. The molecule has 0 spiro atoms. The Hall–Kier alpha value is -2.65. The number of H-pyrrole nitrogens is 1. The fourth-order valence-corrected chi connectivity index (χ4v) is 4.35. The Balaban J connectivity index is 1.64. The second kappa shape index (κ2) is 7.31. The molecule has 2 saturated heterocycles. The fourth-order valence-electron chi connectivity index (χ4n) is 4.35. The first-order valence-electron chi connectivity index (χ1n) is 10.2. The summed E-state index contributed by atoms with van der Waals surface area (Å²) in [5.74, 6) is 0.799. The van der Waals surface area contributed by atoms with Crippen LogP contribution in [0.5, 0.6) is 0 Å². The molecule has 2 aliphatic rings. The van der Waals surface area contributed by atoms with E-state index in [1.165, 1.54) is 0 Å². The molecule has 2 aliphatic heterocycles. The van der Waals surface area contributed by atoms with Crippen LogP contribution in [-0.2, 0) is 16.5 Å². The quantitative estimate of drug-likeness (QED) is 0.726. The SMILES string of the molecule is CC1COCCN1c1cc(=O)c2c([nH]1)c(-c1ccnn1C1CCCCO1)nn2C. The Labute approximate surface area is 168 Å². The third-order valence-corrected chi connectivity index (χ3v) is 5.82.